The molecule has 0 aliphatic heterocycles. The first-order valence-corrected chi connectivity index (χ1v) is 8.77. The molecule has 2 aromatic heterocycles. The van der Waals surface area contributed by atoms with Crippen molar-refractivity contribution in [3.05, 3.63) is 54.6 Å². The molecule has 0 saturated heterocycles. The minimum atomic E-state index is -3.71. The van der Waals surface area contributed by atoms with E-state index in [4.69, 9.17) is 0 Å². The Morgan fingerprint density at radius 3 is 2.46 bits per heavy atom. The molecule has 3 rings (SSSR count). The molecular weight excluding hydrogens is 328 g/mol. The van der Waals surface area contributed by atoms with Crippen LogP contribution in [0.4, 0.5) is 0 Å². The van der Waals surface area contributed by atoms with E-state index in [1.165, 1.54) is 17.1 Å². The molecule has 0 radical (unpaired) electrons. The minimum Gasteiger partial charge on any atom is -0.274 e. The summed E-state index contributed by atoms with van der Waals surface area (Å²) in [5.41, 5.74) is 0.433. The lowest BCUT2D eigenvalue weighted by atomic mass is 10.0. The zero-order valence-electron chi connectivity index (χ0n) is 13.6. The van der Waals surface area contributed by atoms with Gasteiger partial charge in [0.2, 0.25) is 10.0 Å². The normalized spacial score (nSPS) is 12.5. The smallest absolute Gasteiger partial charge is 0.244 e. The van der Waals surface area contributed by atoms with Crippen LogP contribution in [-0.4, -0.2) is 33.2 Å². The van der Waals surface area contributed by atoms with Gasteiger partial charge in [0.25, 0.3) is 0 Å². The van der Waals surface area contributed by atoms with E-state index in [1.54, 1.807) is 31.8 Å². The Bertz CT molecular complexity index is 943. The predicted molar refractivity (Wildman–Crippen MR) is 87.9 cm³/mol. The highest BCUT2D eigenvalue weighted by Gasteiger charge is 2.31. The average molecular weight is 346 g/mol. The third-order valence-corrected chi connectivity index (χ3v) is 5.15. The SMILES string of the molecule is Cn1cc(S(=O)(=O)NC(C)(C)c2cn(-c3ccccc3)nn2)cn1. The van der Waals surface area contributed by atoms with Gasteiger partial charge in [0.1, 0.15) is 10.6 Å². The molecule has 0 aliphatic carbocycles. The molecule has 126 valence electrons. The van der Waals surface area contributed by atoms with E-state index in [0.717, 1.165) is 5.69 Å². The second-order valence-electron chi connectivity index (χ2n) is 5.96. The molecule has 2 heterocycles. The molecule has 0 amide bonds. The van der Waals surface area contributed by atoms with Crippen LogP contribution in [0.5, 0.6) is 0 Å². The van der Waals surface area contributed by atoms with Gasteiger partial charge >= 0.3 is 0 Å². The largest absolute Gasteiger partial charge is 0.274 e. The number of aromatic nitrogens is 5. The van der Waals surface area contributed by atoms with Gasteiger partial charge in [0, 0.05) is 13.2 Å². The third-order valence-electron chi connectivity index (χ3n) is 3.54. The zero-order chi connectivity index (χ0) is 17.4. The number of rotatable bonds is 5. The van der Waals surface area contributed by atoms with Crippen molar-refractivity contribution >= 4 is 10.0 Å². The second-order valence-corrected chi connectivity index (χ2v) is 7.65. The summed E-state index contributed by atoms with van der Waals surface area (Å²) in [4.78, 5) is 0.105. The Kier molecular flexibility index (Phi) is 3.98. The van der Waals surface area contributed by atoms with Gasteiger partial charge in [-0.05, 0) is 26.0 Å². The third kappa shape index (κ3) is 3.22. The lowest BCUT2D eigenvalue weighted by Crippen LogP contribution is -2.41. The number of hydrogen-bond donors (Lipinski definition) is 1. The Hall–Kier alpha value is -2.52. The van der Waals surface area contributed by atoms with Crippen molar-refractivity contribution in [3.8, 4) is 5.69 Å². The summed E-state index contributed by atoms with van der Waals surface area (Å²) >= 11 is 0. The Morgan fingerprint density at radius 1 is 1.12 bits per heavy atom. The van der Waals surface area contributed by atoms with Crippen LogP contribution < -0.4 is 4.72 Å². The molecule has 9 heteroatoms. The van der Waals surface area contributed by atoms with Gasteiger partial charge in [-0.15, -0.1) is 5.10 Å². The highest BCUT2D eigenvalue weighted by molar-refractivity contribution is 7.89. The Labute approximate surface area is 140 Å². The van der Waals surface area contributed by atoms with Crippen molar-refractivity contribution in [1.29, 1.82) is 0 Å². The number of nitrogens with zero attached hydrogens (tertiary/aromatic N) is 5. The van der Waals surface area contributed by atoms with Crippen LogP contribution in [0.3, 0.4) is 0 Å². The maximum atomic E-state index is 12.5. The zero-order valence-corrected chi connectivity index (χ0v) is 14.4. The van der Waals surface area contributed by atoms with Crippen LogP contribution in [0.1, 0.15) is 19.5 Å². The number of para-hydroxylation sites is 1. The first-order chi connectivity index (χ1) is 11.3. The molecule has 0 unspecified atom stereocenters. The van der Waals surface area contributed by atoms with E-state index in [0.29, 0.717) is 5.69 Å². The molecule has 0 atom stereocenters. The van der Waals surface area contributed by atoms with Crippen molar-refractivity contribution in [2.24, 2.45) is 7.05 Å². The Morgan fingerprint density at radius 2 is 1.83 bits per heavy atom. The molecule has 0 fully saturated rings. The fourth-order valence-electron chi connectivity index (χ4n) is 2.24. The van der Waals surface area contributed by atoms with Gasteiger partial charge in [-0.2, -0.15) is 9.82 Å². The summed E-state index contributed by atoms with van der Waals surface area (Å²) in [5, 5.41) is 12.1. The summed E-state index contributed by atoms with van der Waals surface area (Å²) in [5.74, 6) is 0. The lowest BCUT2D eigenvalue weighted by molar-refractivity contribution is 0.459. The molecule has 1 aromatic carbocycles. The van der Waals surface area contributed by atoms with E-state index < -0.39 is 15.6 Å². The maximum absolute atomic E-state index is 12.5. The van der Waals surface area contributed by atoms with Gasteiger partial charge in [0.05, 0.1) is 23.6 Å². The number of aryl methyl sites for hydroxylation is 1. The standard InChI is InChI=1S/C15H18N6O2S/c1-15(2,18-24(22,23)13-9-16-20(3)10-13)14-11-21(19-17-14)12-7-5-4-6-8-12/h4-11,18H,1-3H3. The van der Waals surface area contributed by atoms with Crippen molar-refractivity contribution in [3.63, 3.8) is 0 Å². The molecule has 0 bridgehead atoms. The highest BCUT2D eigenvalue weighted by atomic mass is 32.2. The van der Waals surface area contributed by atoms with Crippen LogP contribution in [0, 0.1) is 0 Å². The summed E-state index contributed by atoms with van der Waals surface area (Å²) in [6.45, 7) is 3.47. The van der Waals surface area contributed by atoms with E-state index in [2.05, 4.69) is 20.1 Å². The average Bonchev–Trinajstić information content (AvgIpc) is 3.16. The monoisotopic (exact) mass is 346 g/mol. The lowest BCUT2D eigenvalue weighted by Gasteiger charge is -2.22. The molecule has 1 N–H and O–H groups in total. The predicted octanol–water partition coefficient (Wildman–Crippen LogP) is 1.21. The first-order valence-electron chi connectivity index (χ1n) is 7.29. The fourth-order valence-corrected chi connectivity index (χ4v) is 3.61. The minimum absolute atomic E-state index is 0.105. The van der Waals surface area contributed by atoms with Crippen LogP contribution >= 0.6 is 0 Å². The molecule has 0 spiro atoms. The van der Waals surface area contributed by atoms with Gasteiger partial charge in [-0.25, -0.2) is 13.1 Å². The second kappa shape index (κ2) is 5.84. The molecule has 0 saturated carbocycles. The van der Waals surface area contributed by atoms with Gasteiger partial charge in [0.15, 0.2) is 0 Å². The highest BCUT2D eigenvalue weighted by Crippen LogP contribution is 2.21. The van der Waals surface area contributed by atoms with E-state index in [9.17, 15) is 8.42 Å². The van der Waals surface area contributed by atoms with E-state index in [1.807, 2.05) is 30.3 Å². The summed E-state index contributed by atoms with van der Waals surface area (Å²) in [6.07, 6.45) is 4.46. The fraction of sp³-hybridized carbons (Fsp3) is 0.267. The van der Waals surface area contributed by atoms with E-state index in [-0.39, 0.29) is 4.90 Å². The quantitative estimate of drug-likeness (QED) is 0.749. The van der Waals surface area contributed by atoms with Crippen LogP contribution in [0.25, 0.3) is 5.69 Å². The molecule has 8 nitrogen and oxygen atoms in total. The molecular formula is C15H18N6O2S. The topological polar surface area (TPSA) is 94.7 Å². The Balaban J connectivity index is 1.87. The van der Waals surface area contributed by atoms with Crippen LogP contribution in [0.15, 0.2) is 53.8 Å². The summed E-state index contributed by atoms with van der Waals surface area (Å²) < 4.78 is 30.7. The van der Waals surface area contributed by atoms with Crippen LogP contribution in [-0.2, 0) is 22.6 Å². The van der Waals surface area contributed by atoms with Crippen molar-refractivity contribution in [2.45, 2.75) is 24.3 Å². The van der Waals surface area contributed by atoms with Gasteiger partial charge < -0.3 is 0 Å². The van der Waals surface area contributed by atoms with Crippen molar-refractivity contribution < 1.29 is 8.42 Å². The van der Waals surface area contributed by atoms with Gasteiger partial charge in [-0.1, -0.05) is 23.4 Å². The number of sulfonamides is 1. The van der Waals surface area contributed by atoms with E-state index >= 15 is 0 Å². The van der Waals surface area contributed by atoms with Crippen LogP contribution in [0.2, 0.25) is 0 Å². The van der Waals surface area contributed by atoms with Gasteiger partial charge in [-0.3, -0.25) is 4.68 Å². The summed E-state index contributed by atoms with van der Waals surface area (Å²) in [7, 11) is -2.05. The first kappa shape index (κ1) is 16.3. The number of nitrogens with one attached hydrogen (secondary N) is 1. The molecule has 3 aromatic rings. The van der Waals surface area contributed by atoms with Crippen molar-refractivity contribution in [2.75, 3.05) is 0 Å². The number of hydrogen-bond acceptors (Lipinski definition) is 5. The summed E-state index contributed by atoms with van der Waals surface area (Å²) in [6, 6.07) is 9.49. The van der Waals surface area contributed by atoms with Crippen molar-refractivity contribution in [1.82, 2.24) is 29.5 Å². The molecule has 0 aliphatic rings. The molecule has 24 heavy (non-hydrogen) atoms. The maximum Gasteiger partial charge on any atom is 0.244 e. The number of benzene rings is 1.